The Morgan fingerprint density at radius 1 is 1.22 bits per heavy atom. The molecule has 0 aliphatic rings. The molecule has 0 atom stereocenters. The number of anilines is 1. The smallest absolute Gasteiger partial charge is 0.270 e. The maximum absolute atomic E-state index is 12.1. The van der Waals surface area contributed by atoms with Crippen LogP contribution in [0.3, 0.4) is 0 Å². The van der Waals surface area contributed by atoms with Crippen LogP contribution in [-0.4, -0.2) is 36.1 Å². The van der Waals surface area contributed by atoms with Crippen LogP contribution in [0.4, 0.5) is 5.82 Å². The fraction of sp³-hybridized carbons (Fsp3) is 0.353. The zero-order valence-electron chi connectivity index (χ0n) is 13.5. The highest BCUT2D eigenvalue weighted by molar-refractivity contribution is 5.92. The maximum atomic E-state index is 12.1. The molecule has 1 heterocycles. The van der Waals surface area contributed by atoms with Gasteiger partial charge in [0.25, 0.3) is 5.91 Å². The van der Waals surface area contributed by atoms with E-state index < -0.39 is 0 Å². The lowest BCUT2D eigenvalue weighted by Crippen LogP contribution is -2.26. The number of hydrogen-bond acceptors (Lipinski definition) is 5. The fourth-order valence-electron chi connectivity index (χ4n) is 2.07. The third-order valence-electron chi connectivity index (χ3n) is 3.20. The van der Waals surface area contributed by atoms with Gasteiger partial charge >= 0.3 is 0 Å². The first-order valence-corrected chi connectivity index (χ1v) is 7.59. The van der Waals surface area contributed by atoms with Gasteiger partial charge in [-0.2, -0.15) is 0 Å². The average molecular weight is 314 g/mol. The van der Waals surface area contributed by atoms with Crippen molar-refractivity contribution in [2.75, 3.05) is 25.6 Å². The third-order valence-corrected chi connectivity index (χ3v) is 3.20. The summed E-state index contributed by atoms with van der Waals surface area (Å²) in [6, 6.07) is 11.7. The van der Waals surface area contributed by atoms with Gasteiger partial charge in [-0.25, -0.2) is 9.97 Å². The van der Waals surface area contributed by atoms with Crippen molar-refractivity contribution < 1.29 is 9.53 Å². The Bertz CT molecular complexity index is 632. The van der Waals surface area contributed by atoms with Crippen LogP contribution in [0, 0.1) is 6.92 Å². The Hall–Kier alpha value is -2.47. The monoisotopic (exact) mass is 314 g/mol. The number of aryl methyl sites for hydroxylation is 1. The zero-order chi connectivity index (χ0) is 16.5. The Morgan fingerprint density at radius 3 is 2.74 bits per heavy atom. The highest BCUT2D eigenvalue weighted by Crippen LogP contribution is 2.09. The van der Waals surface area contributed by atoms with Gasteiger partial charge in [0.2, 0.25) is 0 Å². The van der Waals surface area contributed by atoms with Gasteiger partial charge in [-0.15, -0.1) is 0 Å². The van der Waals surface area contributed by atoms with E-state index in [1.165, 1.54) is 0 Å². The molecule has 6 heteroatoms. The molecule has 0 bridgehead atoms. The molecule has 6 nitrogen and oxygen atoms in total. The zero-order valence-corrected chi connectivity index (χ0v) is 13.5. The molecule has 2 aromatic rings. The summed E-state index contributed by atoms with van der Waals surface area (Å²) in [6.45, 7) is 3.59. The quantitative estimate of drug-likeness (QED) is 0.730. The fourth-order valence-corrected chi connectivity index (χ4v) is 2.07. The van der Waals surface area contributed by atoms with Gasteiger partial charge in [0.05, 0.1) is 0 Å². The van der Waals surface area contributed by atoms with Crippen LogP contribution in [0.25, 0.3) is 0 Å². The van der Waals surface area contributed by atoms with Gasteiger partial charge < -0.3 is 15.4 Å². The number of amides is 1. The summed E-state index contributed by atoms with van der Waals surface area (Å²) in [5, 5.41) is 6.05. The van der Waals surface area contributed by atoms with E-state index in [0.29, 0.717) is 37.0 Å². The predicted molar refractivity (Wildman–Crippen MR) is 89.4 cm³/mol. The molecule has 23 heavy (non-hydrogen) atoms. The molecule has 2 N–H and O–H groups in total. The van der Waals surface area contributed by atoms with Crippen molar-refractivity contribution in [3.8, 4) is 0 Å². The molecular weight excluding hydrogens is 292 g/mol. The first-order valence-electron chi connectivity index (χ1n) is 7.59. The minimum Gasteiger partial charge on any atom is -0.385 e. The van der Waals surface area contributed by atoms with Crippen molar-refractivity contribution in [3.63, 3.8) is 0 Å². The van der Waals surface area contributed by atoms with Crippen molar-refractivity contribution in [2.45, 2.75) is 19.9 Å². The van der Waals surface area contributed by atoms with Crippen LogP contribution in [0.5, 0.6) is 0 Å². The second-order valence-corrected chi connectivity index (χ2v) is 5.13. The van der Waals surface area contributed by atoms with E-state index in [4.69, 9.17) is 4.74 Å². The number of nitrogens with one attached hydrogen (secondary N) is 2. The summed E-state index contributed by atoms with van der Waals surface area (Å²) in [4.78, 5) is 20.6. The van der Waals surface area contributed by atoms with Gasteiger partial charge in [0, 0.05) is 32.9 Å². The van der Waals surface area contributed by atoms with Crippen LogP contribution in [0.15, 0.2) is 36.4 Å². The Kier molecular flexibility index (Phi) is 6.50. The van der Waals surface area contributed by atoms with Crippen molar-refractivity contribution in [1.82, 2.24) is 15.3 Å². The number of carbonyl (C=O) groups excluding carboxylic acids is 1. The highest BCUT2D eigenvalue weighted by Gasteiger charge is 2.10. The van der Waals surface area contributed by atoms with E-state index >= 15 is 0 Å². The van der Waals surface area contributed by atoms with E-state index in [1.807, 2.05) is 30.3 Å². The molecule has 1 aromatic carbocycles. The first kappa shape index (κ1) is 16.9. The lowest BCUT2D eigenvalue weighted by molar-refractivity contribution is 0.0943. The minimum atomic E-state index is -0.200. The number of aromatic nitrogens is 2. The predicted octanol–water partition coefficient (Wildman–Crippen LogP) is 2.16. The maximum Gasteiger partial charge on any atom is 0.270 e. The van der Waals surface area contributed by atoms with Crippen molar-refractivity contribution in [3.05, 3.63) is 53.5 Å². The van der Waals surface area contributed by atoms with Gasteiger partial charge in [-0.1, -0.05) is 30.3 Å². The summed E-state index contributed by atoms with van der Waals surface area (Å²) in [6.07, 6.45) is 0.769. The number of hydrogen-bond donors (Lipinski definition) is 2. The van der Waals surface area contributed by atoms with Crippen molar-refractivity contribution >= 4 is 11.7 Å². The van der Waals surface area contributed by atoms with E-state index in [1.54, 1.807) is 20.1 Å². The second-order valence-electron chi connectivity index (χ2n) is 5.13. The summed E-state index contributed by atoms with van der Waals surface area (Å²) < 4.78 is 4.95. The van der Waals surface area contributed by atoms with E-state index in [2.05, 4.69) is 20.6 Å². The largest absolute Gasteiger partial charge is 0.385 e. The molecule has 0 aliphatic carbocycles. The molecule has 2 rings (SSSR count). The number of rotatable bonds is 8. The standard InChI is InChI=1S/C17H22N4O2/c1-13-20-15(17(22)18-9-6-10-23-2)11-16(21-13)19-12-14-7-4-3-5-8-14/h3-5,7-8,11H,6,9-10,12H2,1-2H3,(H,18,22)(H,19,20,21). The van der Waals surface area contributed by atoms with Gasteiger partial charge in [0.1, 0.15) is 17.3 Å². The summed E-state index contributed by atoms with van der Waals surface area (Å²) >= 11 is 0. The molecule has 0 saturated heterocycles. The Morgan fingerprint density at radius 2 is 2.00 bits per heavy atom. The summed E-state index contributed by atoms with van der Waals surface area (Å²) in [7, 11) is 1.64. The van der Waals surface area contributed by atoms with Crippen LogP contribution in [0.2, 0.25) is 0 Å². The van der Waals surface area contributed by atoms with Crippen LogP contribution < -0.4 is 10.6 Å². The molecule has 1 aromatic heterocycles. The average Bonchev–Trinajstić information content (AvgIpc) is 2.57. The van der Waals surface area contributed by atoms with Crippen LogP contribution in [0.1, 0.15) is 28.3 Å². The molecule has 0 fully saturated rings. The Balaban J connectivity index is 1.96. The number of ether oxygens (including phenoxy) is 1. The SMILES string of the molecule is COCCCNC(=O)c1cc(NCc2ccccc2)nc(C)n1. The third kappa shape index (κ3) is 5.67. The van der Waals surface area contributed by atoms with E-state index in [-0.39, 0.29) is 5.91 Å². The van der Waals surface area contributed by atoms with Gasteiger partial charge in [0.15, 0.2) is 0 Å². The number of methoxy groups -OCH3 is 1. The van der Waals surface area contributed by atoms with E-state index in [9.17, 15) is 4.79 Å². The van der Waals surface area contributed by atoms with Crippen molar-refractivity contribution in [2.24, 2.45) is 0 Å². The molecule has 0 radical (unpaired) electrons. The molecule has 0 spiro atoms. The number of benzene rings is 1. The summed E-state index contributed by atoms with van der Waals surface area (Å²) in [5.74, 6) is 1.00. The van der Waals surface area contributed by atoms with Gasteiger partial charge in [-0.3, -0.25) is 4.79 Å². The molecule has 1 amide bonds. The first-order chi connectivity index (χ1) is 11.2. The van der Waals surface area contributed by atoms with Crippen molar-refractivity contribution in [1.29, 1.82) is 0 Å². The Labute approximate surface area is 136 Å². The molecule has 0 unspecified atom stereocenters. The number of nitrogens with zero attached hydrogens (tertiary/aromatic N) is 2. The highest BCUT2D eigenvalue weighted by atomic mass is 16.5. The topological polar surface area (TPSA) is 76.1 Å². The molecule has 0 saturated carbocycles. The number of carbonyl (C=O) groups is 1. The van der Waals surface area contributed by atoms with Crippen LogP contribution in [-0.2, 0) is 11.3 Å². The lowest BCUT2D eigenvalue weighted by atomic mass is 10.2. The summed E-state index contributed by atoms with van der Waals surface area (Å²) in [5.41, 5.74) is 1.51. The lowest BCUT2D eigenvalue weighted by Gasteiger charge is -2.09. The molecule has 0 aliphatic heterocycles. The van der Waals surface area contributed by atoms with E-state index in [0.717, 1.165) is 12.0 Å². The normalized spacial score (nSPS) is 10.3. The molecular formula is C17H22N4O2. The van der Waals surface area contributed by atoms with Gasteiger partial charge in [-0.05, 0) is 18.9 Å². The van der Waals surface area contributed by atoms with Crippen LogP contribution >= 0.6 is 0 Å². The second kappa shape index (κ2) is 8.85. The minimum absolute atomic E-state index is 0.200. The molecule has 122 valence electrons.